The Morgan fingerprint density at radius 1 is 1.00 bits per heavy atom. The van der Waals surface area contributed by atoms with E-state index in [2.05, 4.69) is 38.7 Å². The molecule has 0 aromatic heterocycles. The third-order valence-electron chi connectivity index (χ3n) is 11.7. The van der Waals surface area contributed by atoms with Crippen LogP contribution < -0.4 is 0 Å². The molecule has 0 unspecified atom stereocenters. The average Bonchev–Trinajstić information content (AvgIpc) is 3.15. The first kappa shape index (κ1) is 19.4. The largest absolute Gasteiger partial charge is 0.393 e. The fraction of sp³-hybridized carbons (Fsp3) is 0.926. The van der Waals surface area contributed by atoms with Gasteiger partial charge in [0.05, 0.1) is 6.10 Å². The van der Waals surface area contributed by atoms with Crippen molar-refractivity contribution in [1.29, 1.82) is 0 Å². The van der Waals surface area contributed by atoms with Gasteiger partial charge in [0, 0.05) is 18.6 Å². The molecule has 0 amide bonds. The first-order valence-corrected chi connectivity index (χ1v) is 13.0. The van der Waals surface area contributed by atoms with Crippen LogP contribution in [-0.2, 0) is 0 Å². The number of fused-ring (bicyclic) bond motifs is 9. The van der Waals surface area contributed by atoms with E-state index >= 15 is 0 Å². The van der Waals surface area contributed by atoms with Crippen LogP contribution >= 0.6 is 0 Å². The normalized spacial score (nSPS) is 59.2. The molecular formula is C27H43NO. The molecule has 5 fully saturated rings. The average molecular weight is 398 g/mol. The first-order chi connectivity index (χ1) is 13.8. The predicted octanol–water partition coefficient (Wildman–Crippen LogP) is 5.66. The van der Waals surface area contributed by atoms with Gasteiger partial charge in [-0.2, -0.15) is 0 Å². The maximum atomic E-state index is 10.3. The van der Waals surface area contributed by atoms with E-state index < -0.39 is 0 Å². The lowest BCUT2D eigenvalue weighted by Gasteiger charge is -2.58. The molecule has 2 aliphatic heterocycles. The van der Waals surface area contributed by atoms with Gasteiger partial charge in [-0.15, -0.1) is 0 Å². The van der Waals surface area contributed by atoms with Crippen molar-refractivity contribution in [2.75, 3.05) is 6.54 Å². The second-order valence-electron chi connectivity index (χ2n) is 12.8. The highest BCUT2D eigenvalue weighted by molar-refractivity contribution is 5.26. The molecule has 2 heterocycles. The molecule has 0 bridgehead atoms. The highest BCUT2D eigenvalue weighted by Gasteiger charge is 2.66. The first-order valence-electron chi connectivity index (χ1n) is 13.0. The van der Waals surface area contributed by atoms with Gasteiger partial charge in [-0.3, -0.25) is 4.90 Å². The zero-order valence-corrected chi connectivity index (χ0v) is 19.2. The van der Waals surface area contributed by atoms with E-state index in [9.17, 15) is 5.11 Å². The van der Waals surface area contributed by atoms with Crippen molar-refractivity contribution in [2.45, 2.75) is 104 Å². The van der Waals surface area contributed by atoms with Gasteiger partial charge in [-0.05, 0) is 104 Å². The summed E-state index contributed by atoms with van der Waals surface area (Å²) in [5, 5.41) is 10.3. The third-order valence-corrected chi connectivity index (χ3v) is 11.7. The second-order valence-corrected chi connectivity index (χ2v) is 12.8. The van der Waals surface area contributed by atoms with Crippen LogP contribution in [0.1, 0.15) is 85.5 Å². The Bertz CT molecular complexity index is 715. The minimum Gasteiger partial charge on any atom is -0.393 e. The fourth-order valence-corrected chi connectivity index (χ4v) is 10.4. The Morgan fingerprint density at radius 3 is 2.66 bits per heavy atom. The van der Waals surface area contributed by atoms with E-state index in [4.69, 9.17) is 0 Å². The molecule has 6 aliphatic rings. The molecule has 4 aliphatic carbocycles. The summed E-state index contributed by atoms with van der Waals surface area (Å²) in [6, 6.07) is 1.75. The number of hydrogen-bond donors (Lipinski definition) is 1. The zero-order chi connectivity index (χ0) is 20.1. The fourth-order valence-electron chi connectivity index (χ4n) is 10.4. The van der Waals surface area contributed by atoms with E-state index in [1.54, 1.807) is 5.57 Å². The monoisotopic (exact) mass is 397 g/mol. The third kappa shape index (κ3) is 2.48. The molecule has 0 aromatic rings. The molecule has 6 rings (SSSR count). The van der Waals surface area contributed by atoms with Crippen LogP contribution in [0.15, 0.2) is 11.6 Å². The van der Waals surface area contributed by atoms with Crippen LogP contribution in [0.3, 0.4) is 0 Å². The molecule has 0 spiro atoms. The Kier molecular flexibility index (Phi) is 4.23. The van der Waals surface area contributed by atoms with Gasteiger partial charge in [-0.25, -0.2) is 0 Å². The van der Waals surface area contributed by atoms with Gasteiger partial charge in [0.1, 0.15) is 0 Å². The summed E-state index contributed by atoms with van der Waals surface area (Å²) >= 11 is 0. The van der Waals surface area contributed by atoms with Gasteiger partial charge < -0.3 is 5.11 Å². The van der Waals surface area contributed by atoms with Crippen LogP contribution in [0.25, 0.3) is 0 Å². The number of aliphatic hydroxyl groups excluding tert-OH is 1. The minimum absolute atomic E-state index is 0.0792. The van der Waals surface area contributed by atoms with Crippen LogP contribution in [0.4, 0.5) is 0 Å². The maximum absolute atomic E-state index is 10.3. The minimum atomic E-state index is -0.0792. The summed E-state index contributed by atoms with van der Waals surface area (Å²) in [7, 11) is 0. The van der Waals surface area contributed by atoms with E-state index in [1.165, 1.54) is 51.5 Å². The molecule has 2 saturated heterocycles. The van der Waals surface area contributed by atoms with Gasteiger partial charge >= 0.3 is 0 Å². The van der Waals surface area contributed by atoms with Gasteiger partial charge in [0.15, 0.2) is 0 Å². The number of aliphatic hydroxyl groups is 1. The number of allylic oxidation sites excluding steroid dienone is 1. The molecule has 3 saturated carbocycles. The van der Waals surface area contributed by atoms with Crippen LogP contribution in [0.5, 0.6) is 0 Å². The van der Waals surface area contributed by atoms with Gasteiger partial charge in [0.25, 0.3) is 0 Å². The number of piperidine rings is 1. The molecular weight excluding hydrogens is 354 g/mol. The lowest BCUT2D eigenvalue weighted by Crippen LogP contribution is -2.51. The van der Waals surface area contributed by atoms with Crippen LogP contribution in [-0.4, -0.2) is 34.7 Å². The molecule has 2 heteroatoms. The summed E-state index contributed by atoms with van der Waals surface area (Å²) < 4.78 is 0. The van der Waals surface area contributed by atoms with Crippen LogP contribution in [0.2, 0.25) is 0 Å². The molecule has 0 radical (unpaired) electrons. The lowest BCUT2D eigenvalue weighted by atomic mass is 9.47. The number of hydrogen-bond acceptors (Lipinski definition) is 2. The summed E-state index contributed by atoms with van der Waals surface area (Å²) in [6.45, 7) is 11.8. The van der Waals surface area contributed by atoms with Gasteiger partial charge in [0.2, 0.25) is 0 Å². The molecule has 0 aromatic carbocycles. The summed E-state index contributed by atoms with van der Waals surface area (Å²) in [6.07, 6.45) is 14.3. The summed E-state index contributed by atoms with van der Waals surface area (Å²) in [4.78, 5) is 3.02. The lowest BCUT2D eigenvalue weighted by molar-refractivity contribution is -0.0574. The Balaban J connectivity index is 1.33. The second kappa shape index (κ2) is 6.35. The Hall–Kier alpha value is -0.340. The van der Waals surface area contributed by atoms with E-state index in [-0.39, 0.29) is 6.10 Å². The Labute approximate surface area is 178 Å². The van der Waals surface area contributed by atoms with E-state index in [0.717, 1.165) is 60.4 Å². The molecule has 11 atom stereocenters. The van der Waals surface area contributed by atoms with Crippen molar-refractivity contribution in [1.82, 2.24) is 4.90 Å². The van der Waals surface area contributed by atoms with Crippen molar-refractivity contribution in [2.24, 2.45) is 46.3 Å². The Morgan fingerprint density at radius 2 is 1.83 bits per heavy atom. The van der Waals surface area contributed by atoms with Crippen molar-refractivity contribution in [3.63, 3.8) is 0 Å². The highest BCUT2D eigenvalue weighted by Crippen LogP contribution is 2.69. The molecule has 29 heavy (non-hydrogen) atoms. The standard InChI is InChI=1S/C27H43NO/c1-16-5-8-23-17(2)25-24(28(23)15-16)14-22-20-7-6-18-13-19(29)9-11-26(18,3)21(20)10-12-27(22,25)4/h6,16-17,19-25,29H,5,7-15H2,1-4H3/t16-,17+,19+,20-,21+,22+,23+,24+,25+,26+,27+/m1/s1. The predicted molar refractivity (Wildman–Crippen MR) is 118 cm³/mol. The topological polar surface area (TPSA) is 23.5 Å². The quantitative estimate of drug-likeness (QED) is 0.534. The highest BCUT2D eigenvalue weighted by atomic mass is 16.3. The molecule has 1 N–H and O–H groups in total. The van der Waals surface area contributed by atoms with Crippen molar-refractivity contribution in [3.8, 4) is 0 Å². The summed E-state index contributed by atoms with van der Waals surface area (Å²) in [5.41, 5.74) is 2.58. The van der Waals surface area contributed by atoms with E-state index in [1.807, 2.05) is 0 Å². The summed E-state index contributed by atoms with van der Waals surface area (Å²) in [5.74, 6) is 5.44. The van der Waals surface area contributed by atoms with E-state index in [0.29, 0.717) is 10.8 Å². The maximum Gasteiger partial charge on any atom is 0.0577 e. The zero-order valence-electron chi connectivity index (χ0n) is 19.2. The van der Waals surface area contributed by atoms with Crippen molar-refractivity contribution >= 4 is 0 Å². The van der Waals surface area contributed by atoms with Crippen molar-refractivity contribution in [3.05, 3.63) is 11.6 Å². The molecule has 2 nitrogen and oxygen atoms in total. The van der Waals surface area contributed by atoms with Crippen molar-refractivity contribution < 1.29 is 5.11 Å². The number of nitrogens with zero attached hydrogens (tertiary/aromatic N) is 1. The SMILES string of the molecule is C[C@@H]1CC[C@H]2[C@H](C)[C@H]3[C@H](C[C@H]4[C@@H]5CC=C6C[C@@H](O)CC[C@]6(C)[C@H]5CC[C@]34C)N2C1. The van der Waals surface area contributed by atoms with Crippen LogP contribution in [0, 0.1) is 46.3 Å². The molecule has 162 valence electrons. The smallest absolute Gasteiger partial charge is 0.0577 e. The number of rotatable bonds is 0. The van der Waals surface area contributed by atoms with Gasteiger partial charge in [-0.1, -0.05) is 39.3 Å².